The fraction of sp³-hybridized carbons (Fsp3) is 0.130. The van der Waals surface area contributed by atoms with Crippen molar-refractivity contribution in [2.45, 2.75) is 13.5 Å². The normalized spacial score (nSPS) is 10.2. The quantitative estimate of drug-likeness (QED) is 0.680. The Labute approximate surface area is 164 Å². The van der Waals surface area contributed by atoms with Crippen LogP contribution in [0.2, 0.25) is 0 Å². The highest BCUT2D eigenvalue weighted by atomic mass is 16.5. The third kappa shape index (κ3) is 4.76. The number of hydrogen-bond donors (Lipinski definition) is 2. The van der Waals surface area contributed by atoms with Gasteiger partial charge in [0.15, 0.2) is 0 Å². The largest absolute Gasteiger partial charge is 0.497 e. The molecule has 0 radical (unpaired) electrons. The summed E-state index contributed by atoms with van der Waals surface area (Å²) in [7, 11) is 1.57. The third-order valence-electron chi connectivity index (χ3n) is 4.31. The van der Waals surface area contributed by atoms with Crippen molar-refractivity contribution in [3.63, 3.8) is 0 Å². The molecule has 5 heteroatoms. The molecule has 5 nitrogen and oxygen atoms in total. The first-order valence-corrected chi connectivity index (χ1v) is 8.95. The highest BCUT2D eigenvalue weighted by Gasteiger charge is 2.14. The molecular formula is C23H22N2O3. The molecule has 2 amide bonds. The number of rotatable bonds is 6. The lowest BCUT2D eigenvalue weighted by atomic mass is 10.1. The van der Waals surface area contributed by atoms with Gasteiger partial charge in [-0.3, -0.25) is 9.59 Å². The summed E-state index contributed by atoms with van der Waals surface area (Å²) >= 11 is 0. The third-order valence-corrected chi connectivity index (χ3v) is 4.31. The van der Waals surface area contributed by atoms with Crippen molar-refractivity contribution in [3.05, 3.63) is 95.1 Å². The van der Waals surface area contributed by atoms with Crippen molar-refractivity contribution in [3.8, 4) is 5.75 Å². The van der Waals surface area contributed by atoms with Crippen LogP contribution in [0.25, 0.3) is 0 Å². The molecule has 0 fully saturated rings. The minimum Gasteiger partial charge on any atom is -0.497 e. The van der Waals surface area contributed by atoms with Gasteiger partial charge in [-0.05, 0) is 48.9 Å². The van der Waals surface area contributed by atoms with Gasteiger partial charge in [-0.15, -0.1) is 0 Å². The van der Waals surface area contributed by atoms with Crippen molar-refractivity contribution < 1.29 is 14.3 Å². The molecule has 0 saturated carbocycles. The first-order valence-electron chi connectivity index (χ1n) is 8.95. The van der Waals surface area contributed by atoms with E-state index in [1.807, 2.05) is 31.2 Å². The van der Waals surface area contributed by atoms with Gasteiger partial charge in [-0.25, -0.2) is 0 Å². The van der Waals surface area contributed by atoms with E-state index in [2.05, 4.69) is 10.6 Å². The van der Waals surface area contributed by atoms with Gasteiger partial charge in [0.05, 0.1) is 18.4 Å². The Morgan fingerprint density at radius 3 is 2.36 bits per heavy atom. The summed E-state index contributed by atoms with van der Waals surface area (Å²) in [5.41, 5.74) is 3.52. The summed E-state index contributed by atoms with van der Waals surface area (Å²) in [5, 5.41) is 5.72. The predicted octanol–water partition coefficient (Wildman–Crippen LogP) is 4.19. The van der Waals surface area contributed by atoms with Gasteiger partial charge in [-0.2, -0.15) is 0 Å². The van der Waals surface area contributed by atoms with E-state index in [4.69, 9.17) is 4.74 Å². The van der Waals surface area contributed by atoms with Crippen LogP contribution in [0.1, 0.15) is 31.8 Å². The Bertz CT molecular complexity index is 981. The molecule has 0 aromatic heterocycles. The first-order chi connectivity index (χ1) is 13.6. The fourth-order valence-corrected chi connectivity index (χ4v) is 2.83. The zero-order valence-corrected chi connectivity index (χ0v) is 15.9. The maximum atomic E-state index is 12.6. The van der Waals surface area contributed by atoms with Crippen molar-refractivity contribution >= 4 is 17.5 Å². The number of amides is 2. The highest BCUT2D eigenvalue weighted by Crippen LogP contribution is 2.18. The SMILES string of the molecule is COc1ccc(C(=O)Nc2ccccc2C(=O)NCc2cccc(C)c2)cc1. The van der Waals surface area contributed by atoms with E-state index in [9.17, 15) is 9.59 Å². The summed E-state index contributed by atoms with van der Waals surface area (Å²) in [6.45, 7) is 2.43. The molecule has 0 aliphatic heterocycles. The summed E-state index contributed by atoms with van der Waals surface area (Å²) in [6.07, 6.45) is 0. The molecular weight excluding hydrogens is 352 g/mol. The van der Waals surface area contributed by atoms with Crippen LogP contribution >= 0.6 is 0 Å². The molecule has 3 rings (SSSR count). The van der Waals surface area contributed by atoms with Crippen LogP contribution in [0.5, 0.6) is 5.75 Å². The topological polar surface area (TPSA) is 67.4 Å². The maximum Gasteiger partial charge on any atom is 0.255 e. The molecule has 0 atom stereocenters. The lowest BCUT2D eigenvalue weighted by Crippen LogP contribution is -2.25. The Morgan fingerprint density at radius 1 is 0.893 bits per heavy atom. The van der Waals surface area contributed by atoms with Crippen LogP contribution in [0.3, 0.4) is 0 Å². The molecule has 2 N–H and O–H groups in total. The minimum atomic E-state index is -0.290. The molecule has 0 spiro atoms. The van der Waals surface area contributed by atoms with Gasteiger partial charge in [0.25, 0.3) is 11.8 Å². The molecule has 0 aliphatic rings. The van der Waals surface area contributed by atoms with Crippen molar-refractivity contribution in [1.82, 2.24) is 5.32 Å². The molecule has 0 bridgehead atoms. The van der Waals surface area contributed by atoms with E-state index in [0.29, 0.717) is 29.1 Å². The summed E-state index contributed by atoms with van der Waals surface area (Å²) in [5.74, 6) is 0.140. The first kappa shape index (κ1) is 19.2. The predicted molar refractivity (Wildman–Crippen MR) is 110 cm³/mol. The van der Waals surface area contributed by atoms with Crippen LogP contribution in [0.15, 0.2) is 72.8 Å². The van der Waals surface area contributed by atoms with Gasteiger partial charge in [0.1, 0.15) is 5.75 Å². The molecule has 0 saturated heterocycles. The minimum absolute atomic E-state index is 0.243. The van der Waals surface area contributed by atoms with Crippen molar-refractivity contribution in [2.75, 3.05) is 12.4 Å². The highest BCUT2D eigenvalue weighted by molar-refractivity contribution is 6.09. The maximum absolute atomic E-state index is 12.6. The van der Waals surface area contributed by atoms with Gasteiger partial charge < -0.3 is 15.4 Å². The second-order valence-corrected chi connectivity index (χ2v) is 6.40. The Morgan fingerprint density at radius 2 is 1.64 bits per heavy atom. The standard InChI is InChI=1S/C23H22N2O3/c1-16-6-5-7-17(14-16)15-24-23(27)20-8-3-4-9-21(20)25-22(26)18-10-12-19(28-2)13-11-18/h3-14H,15H2,1-2H3,(H,24,27)(H,25,26). The zero-order chi connectivity index (χ0) is 19.9. The number of aryl methyl sites for hydroxylation is 1. The van der Waals surface area contributed by atoms with Crippen LogP contribution in [0, 0.1) is 6.92 Å². The molecule has 3 aromatic rings. The van der Waals surface area contributed by atoms with E-state index in [1.165, 1.54) is 0 Å². The average molecular weight is 374 g/mol. The number of para-hydroxylation sites is 1. The lowest BCUT2D eigenvalue weighted by Gasteiger charge is -2.12. The van der Waals surface area contributed by atoms with E-state index < -0.39 is 0 Å². The van der Waals surface area contributed by atoms with E-state index >= 15 is 0 Å². The number of hydrogen-bond acceptors (Lipinski definition) is 3. The smallest absolute Gasteiger partial charge is 0.255 e. The van der Waals surface area contributed by atoms with Crippen molar-refractivity contribution in [1.29, 1.82) is 0 Å². The molecule has 28 heavy (non-hydrogen) atoms. The molecule has 142 valence electrons. The van der Waals surface area contributed by atoms with Gasteiger partial charge in [0.2, 0.25) is 0 Å². The van der Waals surface area contributed by atoms with E-state index in [0.717, 1.165) is 11.1 Å². The Balaban J connectivity index is 1.71. The Kier molecular flexibility index (Phi) is 6.07. The Hall–Kier alpha value is -3.60. The van der Waals surface area contributed by atoms with Crippen LogP contribution in [-0.2, 0) is 6.54 Å². The number of nitrogens with one attached hydrogen (secondary N) is 2. The fourth-order valence-electron chi connectivity index (χ4n) is 2.83. The van der Waals surface area contributed by atoms with Crippen molar-refractivity contribution in [2.24, 2.45) is 0 Å². The summed E-state index contributed by atoms with van der Waals surface area (Å²) in [4.78, 5) is 25.2. The molecule has 0 aliphatic carbocycles. The second kappa shape index (κ2) is 8.86. The summed E-state index contributed by atoms with van der Waals surface area (Å²) in [6, 6.07) is 21.7. The molecule has 0 heterocycles. The lowest BCUT2D eigenvalue weighted by molar-refractivity contribution is 0.0952. The number of anilines is 1. The monoisotopic (exact) mass is 374 g/mol. The van der Waals surface area contributed by atoms with E-state index in [-0.39, 0.29) is 11.8 Å². The van der Waals surface area contributed by atoms with Gasteiger partial charge >= 0.3 is 0 Å². The molecule has 0 unspecified atom stereocenters. The summed E-state index contributed by atoms with van der Waals surface area (Å²) < 4.78 is 5.10. The number of benzene rings is 3. The van der Waals surface area contributed by atoms with Crippen LogP contribution in [0.4, 0.5) is 5.69 Å². The number of methoxy groups -OCH3 is 1. The molecule has 3 aromatic carbocycles. The number of carbonyl (C=O) groups excluding carboxylic acids is 2. The zero-order valence-electron chi connectivity index (χ0n) is 15.9. The van der Waals surface area contributed by atoms with E-state index in [1.54, 1.807) is 55.6 Å². The average Bonchev–Trinajstić information content (AvgIpc) is 2.72. The van der Waals surface area contributed by atoms with Crippen LogP contribution < -0.4 is 15.4 Å². The van der Waals surface area contributed by atoms with Gasteiger partial charge in [0, 0.05) is 12.1 Å². The number of carbonyl (C=O) groups is 2. The second-order valence-electron chi connectivity index (χ2n) is 6.40. The number of ether oxygens (including phenoxy) is 1. The van der Waals surface area contributed by atoms with Gasteiger partial charge in [-0.1, -0.05) is 42.0 Å². The van der Waals surface area contributed by atoms with Crippen LogP contribution in [-0.4, -0.2) is 18.9 Å².